The number of benzene rings is 2. The van der Waals surface area contributed by atoms with Crippen LogP contribution in [0.25, 0.3) is 0 Å². The van der Waals surface area contributed by atoms with Gasteiger partial charge in [-0.2, -0.15) is 0 Å². The molecule has 0 spiro atoms. The summed E-state index contributed by atoms with van der Waals surface area (Å²) in [6.07, 6.45) is 1.05. The highest BCUT2D eigenvalue weighted by Gasteiger charge is 2.20. The topological polar surface area (TPSA) is 75.7 Å². The Hall–Kier alpha value is -2.25. The summed E-state index contributed by atoms with van der Waals surface area (Å²) in [5, 5.41) is 3.11. The maximum atomic E-state index is 12.3. The van der Waals surface area contributed by atoms with Crippen molar-refractivity contribution in [3.05, 3.63) is 59.1 Å². The molecule has 0 radical (unpaired) electrons. The fraction of sp³-hybridized carbons (Fsp3) is 0.278. The number of sulfonamides is 1. The summed E-state index contributed by atoms with van der Waals surface area (Å²) in [6, 6.07) is 13.7. The molecule has 1 amide bonds. The van der Waals surface area contributed by atoms with Gasteiger partial charge in [0, 0.05) is 11.6 Å². The number of amides is 1. The third-order valence-corrected chi connectivity index (χ3v) is 4.86. The second-order valence-corrected chi connectivity index (χ2v) is 7.95. The van der Waals surface area contributed by atoms with E-state index in [9.17, 15) is 13.2 Å². The third kappa shape index (κ3) is 5.93. The number of hydrogen-bond donors (Lipinski definition) is 1. The Morgan fingerprint density at radius 1 is 1.19 bits per heavy atom. The number of ether oxygens (including phenoxy) is 1. The second-order valence-electron chi connectivity index (χ2n) is 5.61. The van der Waals surface area contributed by atoms with Gasteiger partial charge in [-0.15, -0.1) is 0 Å². The van der Waals surface area contributed by atoms with Crippen LogP contribution in [0.15, 0.2) is 48.5 Å². The molecule has 0 aliphatic heterocycles. The predicted molar refractivity (Wildman–Crippen MR) is 103 cm³/mol. The molecule has 0 heterocycles. The van der Waals surface area contributed by atoms with E-state index in [-0.39, 0.29) is 13.1 Å². The molecule has 6 nitrogen and oxygen atoms in total. The highest BCUT2D eigenvalue weighted by Crippen LogP contribution is 2.21. The zero-order valence-electron chi connectivity index (χ0n) is 14.6. The van der Waals surface area contributed by atoms with Crippen LogP contribution in [0, 0.1) is 0 Å². The number of nitrogens with zero attached hydrogens (tertiary/aromatic N) is 1. The standard InChI is InChI=1S/C18H21ClN2O4S/c1-3-25-17-9-4-6-14(10-17)12-20-18(22)13-21(26(2,23)24)16-8-5-7-15(19)11-16/h4-11H,3,12-13H2,1-2H3,(H,20,22). The average Bonchev–Trinajstić information content (AvgIpc) is 2.57. The molecule has 0 atom stereocenters. The lowest BCUT2D eigenvalue weighted by atomic mass is 10.2. The van der Waals surface area contributed by atoms with Gasteiger partial charge in [-0.05, 0) is 42.8 Å². The Labute approximate surface area is 158 Å². The molecule has 2 rings (SSSR count). The van der Waals surface area contributed by atoms with Gasteiger partial charge in [0.25, 0.3) is 0 Å². The number of halogens is 1. The van der Waals surface area contributed by atoms with Crippen LogP contribution in [0.2, 0.25) is 5.02 Å². The summed E-state index contributed by atoms with van der Waals surface area (Å²) in [7, 11) is -3.63. The minimum absolute atomic E-state index is 0.271. The first-order valence-corrected chi connectivity index (χ1v) is 10.2. The van der Waals surface area contributed by atoms with Crippen molar-refractivity contribution in [1.82, 2.24) is 5.32 Å². The molecule has 2 aromatic carbocycles. The van der Waals surface area contributed by atoms with Crippen molar-refractivity contribution in [1.29, 1.82) is 0 Å². The van der Waals surface area contributed by atoms with E-state index in [0.29, 0.717) is 17.3 Å². The Bertz CT molecular complexity index is 871. The summed E-state index contributed by atoms with van der Waals surface area (Å²) >= 11 is 5.92. The maximum Gasteiger partial charge on any atom is 0.241 e. The number of nitrogens with one attached hydrogen (secondary N) is 1. The third-order valence-electron chi connectivity index (χ3n) is 3.48. The molecule has 26 heavy (non-hydrogen) atoms. The fourth-order valence-electron chi connectivity index (χ4n) is 2.33. The quantitative estimate of drug-likeness (QED) is 0.744. The van der Waals surface area contributed by atoms with Gasteiger partial charge in [-0.25, -0.2) is 8.42 Å². The smallest absolute Gasteiger partial charge is 0.241 e. The van der Waals surface area contributed by atoms with Crippen molar-refractivity contribution in [2.75, 3.05) is 23.7 Å². The summed E-state index contributed by atoms with van der Waals surface area (Å²) in [5.41, 5.74) is 1.20. The van der Waals surface area contributed by atoms with Crippen LogP contribution in [0.1, 0.15) is 12.5 Å². The van der Waals surface area contributed by atoms with Crippen molar-refractivity contribution in [2.45, 2.75) is 13.5 Å². The van der Waals surface area contributed by atoms with E-state index < -0.39 is 15.9 Å². The Kier molecular flexibility index (Phi) is 6.88. The summed E-state index contributed by atoms with van der Waals surface area (Å²) in [6.45, 7) is 2.39. The van der Waals surface area contributed by atoms with Crippen LogP contribution in [-0.2, 0) is 21.4 Å². The van der Waals surface area contributed by atoms with Crippen molar-refractivity contribution in [3.8, 4) is 5.75 Å². The summed E-state index contributed by atoms with van der Waals surface area (Å²) < 4.78 is 30.5. The largest absolute Gasteiger partial charge is 0.494 e. The van der Waals surface area contributed by atoms with E-state index in [1.165, 1.54) is 6.07 Å². The van der Waals surface area contributed by atoms with E-state index in [2.05, 4.69) is 5.32 Å². The fourth-order valence-corrected chi connectivity index (χ4v) is 3.36. The summed E-state index contributed by atoms with van der Waals surface area (Å²) in [5.74, 6) is 0.299. The molecular formula is C18H21ClN2O4S. The first kappa shape index (κ1) is 20.1. The van der Waals surface area contributed by atoms with Gasteiger partial charge in [-0.3, -0.25) is 9.10 Å². The number of hydrogen-bond acceptors (Lipinski definition) is 4. The van der Waals surface area contributed by atoms with Crippen molar-refractivity contribution in [3.63, 3.8) is 0 Å². The van der Waals surface area contributed by atoms with Gasteiger partial charge in [0.1, 0.15) is 12.3 Å². The molecule has 0 aliphatic carbocycles. The molecule has 1 N–H and O–H groups in total. The molecule has 2 aromatic rings. The monoisotopic (exact) mass is 396 g/mol. The number of rotatable bonds is 8. The Morgan fingerprint density at radius 2 is 1.92 bits per heavy atom. The molecular weight excluding hydrogens is 376 g/mol. The molecule has 140 valence electrons. The predicted octanol–water partition coefficient (Wildman–Crippen LogP) is 2.82. The number of carbonyl (C=O) groups is 1. The lowest BCUT2D eigenvalue weighted by Gasteiger charge is -2.22. The van der Waals surface area contributed by atoms with Gasteiger partial charge in [-0.1, -0.05) is 29.8 Å². The van der Waals surface area contributed by atoms with E-state index in [4.69, 9.17) is 16.3 Å². The normalized spacial score (nSPS) is 11.0. The second kappa shape index (κ2) is 8.91. The lowest BCUT2D eigenvalue weighted by molar-refractivity contribution is -0.119. The van der Waals surface area contributed by atoms with Gasteiger partial charge in [0.05, 0.1) is 18.6 Å². The zero-order valence-corrected chi connectivity index (χ0v) is 16.2. The molecule has 0 saturated heterocycles. The van der Waals surface area contributed by atoms with Gasteiger partial charge in [0.2, 0.25) is 15.9 Å². The first-order valence-electron chi connectivity index (χ1n) is 8.01. The SMILES string of the molecule is CCOc1cccc(CNC(=O)CN(c2cccc(Cl)c2)S(C)(=O)=O)c1. The van der Waals surface area contributed by atoms with Crippen molar-refractivity contribution >= 4 is 33.2 Å². The lowest BCUT2D eigenvalue weighted by Crippen LogP contribution is -2.40. The molecule has 0 saturated carbocycles. The van der Waals surface area contributed by atoms with Crippen LogP contribution >= 0.6 is 11.6 Å². The first-order chi connectivity index (χ1) is 12.3. The van der Waals surface area contributed by atoms with E-state index in [0.717, 1.165) is 21.9 Å². The number of anilines is 1. The van der Waals surface area contributed by atoms with Crippen LogP contribution < -0.4 is 14.4 Å². The number of carbonyl (C=O) groups excluding carboxylic acids is 1. The zero-order chi connectivity index (χ0) is 19.2. The molecule has 0 bridgehead atoms. The molecule has 0 fully saturated rings. The van der Waals surface area contributed by atoms with Crippen LogP contribution in [-0.4, -0.2) is 33.7 Å². The van der Waals surface area contributed by atoms with Crippen molar-refractivity contribution in [2.24, 2.45) is 0 Å². The minimum atomic E-state index is -3.63. The van der Waals surface area contributed by atoms with E-state index in [1.807, 2.05) is 31.2 Å². The molecule has 0 aromatic heterocycles. The molecule has 0 unspecified atom stereocenters. The maximum absolute atomic E-state index is 12.3. The van der Waals surface area contributed by atoms with Crippen LogP contribution in [0.3, 0.4) is 0 Å². The van der Waals surface area contributed by atoms with E-state index in [1.54, 1.807) is 18.2 Å². The van der Waals surface area contributed by atoms with Crippen LogP contribution in [0.5, 0.6) is 5.75 Å². The van der Waals surface area contributed by atoms with Crippen LogP contribution in [0.4, 0.5) is 5.69 Å². The molecule has 8 heteroatoms. The Balaban J connectivity index is 2.05. The minimum Gasteiger partial charge on any atom is -0.494 e. The highest BCUT2D eigenvalue weighted by atomic mass is 35.5. The summed E-state index contributed by atoms with van der Waals surface area (Å²) in [4.78, 5) is 12.3. The average molecular weight is 397 g/mol. The van der Waals surface area contributed by atoms with Gasteiger partial charge >= 0.3 is 0 Å². The van der Waals surface area contributed by atoms with Crippen molar-refractivity contribution < 1.29 is 17.9 Å². The highest BCUT2D eigenvalue weighted by molar-refractivity contribution is 7.92. The van der Waals surface area contributed by atoms with Gasteiger partial charge in [0.15, 0.2) is 0 Å². The van der Waals surface area contributed by atoms with Gasteiger partial charge < -0.3 is 10.1 Å². The Morgan fingerprint density at radius 3 is 2.58 bits per heavy atom. The molecule has 0 aliphatic rings. The van der Waals surface area contributed by atoms with E-state index >= 15 is 0 Å².